The molecule has 0 saturated carbocycles. The van der Waals surface area contributed by atoms with Crippen molar-refractivity contribution in [2.24, 2.45) is 0 Å². The number of nitrogens with zero attached hydrogens (tertiary/aromatic N) is 1. The number of nitro benzene ring substituents is 1. The largest absolute Gasteiger partial charge is 0.393 e. The molecule has 122 valence electrons. The Labute approximate surface area is 134 Å². The maximum absolute atomic E-state index is 13.4. The van der Waals surface area contributed by atoms with E-state index in [9.17, 15) is 24.4 Å². The van der Waals surface area contributed by atoms with Crippen molar-refractivity contribution in [2.75, 3.05) is 12.3 Å². The molecule has 0 saturated heterocycles. The number of carbonyl (C=O) groups excluding carboxylic acids is 1. The monoisotopic (exact) mass is 339 g/mol. The van der Waals surface area contributed by atoms with E-state index in [2.05, 4.69) is 5.32 Å². The number of aliphatic hydroxyl groups is 1. The van der Waals surface area contributed by atoms with Crippen LogP contribution in [0, 0.1) is 15.9 Å². The second-order valence-corrected chi connectivity index (χ2v) is 6.02. The number of amides is 1. The van der Waals surface area contributed by atoms with Crippen LogP contribution in [-0.4, -0.2) is 22.5 Å². The molecule has 2 aromatic rings. The number of benzene rings is 1. The van der Waals surface area contributed by atoms with Crippen molar-refractivity contribution in [1.82, 2.24) is 5.32 Å². The minimum absolute atomic E-state index is 0.157. The van der Waals surface area contributed by atoms with Gasteiger partial charge in [-0.3, -0.25) is 14.9 Å². The highest BCUT2D eigenvalue weighted by Crippen LogP contribution is 2.28. The number of rotatable bonds is 5. The van der Waals surface area contributed by atoms with Crippen LogP contribution in [0.2, 0.25) is 0 Å². The molecule has 0 radical (unpaired) electrons. The molecule has 1 unspecified atom stereocenters. The van der Waals surface area contributed by atoms with Gasteiger partial charge in [-0.25, -0.2) is 4.39 Å². The zero-order chi connectivity index (χ0) is 17.2. The first-order valence-electron chi connectivity index (χ1n) is 6.50. The molecule has 9 heteroatoms. The van der Waals surface area contributed by atoms with Gasteiger partial charge in [-0.1, -0.05) is 6.07 Å². The molecule has 0 aliphatic rings. The van der Waals surface area contributed by atoms with E-state index in [1.54, 1.807) is 17.5 Å². The van der Waals surface area contributed by atoms with Crippen molar-refractivity contribution in [1.29, 1.82) is 0 Å². The van der Waals surface area contributed by atoms with E-state index in [0.717, 1.165) is 6.07 Å². The van der Waals surface area contributed by atoms with E-state index >= 15 is 0 Å². The van der Waals surface area contributed by atoms with E-state index in [4.69, 9.17) is 5.73 Å². The standard InChI is InChI=1S/C14H14FN3O4S/c1-14(20,11-3-2-4-23-11)7-17-13(19)9-5-8(15)6-10(12(9)16)18(21)22/h2-6,20H,7,16H2,1H3,(H,17,19). The molecule has 2 rings (SSSR count). The number of thiophene rings is 1. The summed E-state index contributed by atoms with van der Waals surface area (Å²) in [7, 11) is 0. The fourth-order valence-corrected chi connectivity index (χ4v) is 2.75. The summed E-state index contributed by atoms with van der Waals surface area (Å²) < 4.78 is 13.4. The Hall–Kier alpha value is -2.52. The summed E-state index contributed by atoms with van der Waals surface area (Å²) in [5.74, 6) is -1.75. The molecule has 23 heavy (non-hydrogen) atoms. The summed E-state index contributed by atoms with van der Waals surface area (Å²) in [6.45, 7) is 1.35. The van der Waals surface area contributed by atoms with Crippen LogP contribution in [0.15, 0.2) is 29.6 Å². The number of carbonyl (C=O) groups is 1. The van der Waals surface area contributed by atoms with Crippen molar-refractivity contribution >= 4 is 28.6 Å². The van der Waals surface area contributed by atoms with Gasteiger partial charge < -0.3 is 16.2 Å². The summed E-state index contributed by atoms with van der Waals surface area (Å²) in [6.07, 6.45) is 0. The average molecular weight is 339 g/mol. The minimum Gasteiger partial charge on any atom is -0.393 e. The van der Waals surface area contributed by atoms with Crippen LogP contribution in [0.25, 0.3) is 0 Å². The minimum atomic E-state index is -1.32. The van der Waals surface area contributed by atoms with Crippen LogP contribution in [-0.2, 0) is 5.60 Å². The average Bonchev–Trinajstić information content (AvgIpc) is 3.01. The normalized spacial score (nSPS) is 13.3. The Morgan fingerprint density at radius 1 is 1.57 bits per heavy atom. The molecule has 7 nitrogen and oxygen atoms in total. The third-order valence-corrected chi connectivity index (χ3v) is 4.33. The van der Waals surface area contributed by atoms with Crippen molar-refractivity contribution in [3.63, 3.8) is 0 Å². The summed E-state index contributed by atoms with van der Waals surface area (Å²) in [4.78, 5) is 22.7. The predicted octanol–water partition coefficient (Wildman–Crippen LogP) is 2.02. The van der Waals surface area contributed by atoms with Gasteiger partial charge in [0.2, 0.25) is 0 Å². The van der Waals surface area contributed by atoms with E-state index in [-0.39, 0.29) is 12.1 Å². The number of nitrogens with two attached hydrogens (primary N) is 1. The Balaban J connectivity index is 2.20. The SMILES string of the molecule is CC(O)(CNC(=O)c1cc(F)cc([N+](=O)[O-])c1N)c1cccs1. The molecule has 0 spiro atoms. The number of nitro groups is 1. The lowest BCUT2D eigenvalue weighted by Gasteiger charge is -2.22. The van der Waals surface area contributed by atoms with Crippen molar-refractivity contribution in [3.8, 4) is 0 Å². The van der Waals surface area contributed by atoms with Gasteiger partial charge in [0.15, 0.2) is 0 Å². The van der Waals surface area contributed by atoms with Gasteiger partial charge >= 0.3 is 0 Å². The molecule has 1 aromatic heterocycles. The lowest BCUT2D eigenvalue weighted by molar-refractivity contribution is -0.384. The van der Waals surface area contributed by atoms with Crippen LogP contribution in [0.1, 0.15) is 22.2 Å². The molecule has 0 aliphatic carbocycles. The van der Waals surface area contributed by atoms with E-state index in [1.165, 1.54) is 18.3 Å². The second-order valence-electron chi connectivity index (χ2n) is 5.08. The Morgan fingerprint density at radius 3 is 2.83 bits per heavy atom. The summed E-state index contributed by atoms with van der Waals surface area (Å²) in [5, 5.41) is 25.3. The third kappa shape index (κ3) is 3.63. The van der Waals surface area contributed by atoms with Gasteiger partial charge in [-0.2, -0.15) is 0 Å². The van der Waals surface area contributed by atoms with Crippen LogP contribution < -0.4 is 11.1 Å². The molecule has 1 amide bonds. The van der Waals surface area contributed by atoms with Crippen LogP contribution in [0.4, 0.5) is 15.8 Å². The van der Waals surface area contributed by atoms with Gasteiger partial charge in [0.05, 0.1) is 23.1 Å². The molecule has 4 N–H and O–H groups in total. The van der Waals surface area contributed by atoms with Crippen LogP contribution in [0.3, 0.4) is 0 Å². The smallest absolute Gasteiger partial charge is 0.295 e. The van der Waals surface area contributed by atoms with Crippen molar-refractivity contribution in [3.05, 3.63) is 56.0 Å². The summed E-state index contributed by atoms with van der Waals surface area (Å²) in [5.41, 5.74) is 2.78. The fraction of sp³-hybridized carbons (Fsp3) is 0.214. The number of hydrogen-bond donors (Lipinski definition) is 3. The van der Waals surface area contributed by atoms with Crippen LogP contribution in [0.5, 0.6) is 0 Å². The first kappa shape index (κ1) is 16.8. The second kappa shape index (κ2) is 6.31. The number of nitrogens with one attached hydrogen (secondary N) is 1. The Bertz CT molecular complexity index is 747. The predicted molar refractivity (Wildman–Crippen MR) is 83.7 cm³/mol. The molecule has 1 heterocycles. The van der Waals surface area contributed by atoms with Crippen molar-refractivity contribution in [2.45, 2.75) is 12.5 Å². The molecular weight excluding hydrogens is 325 g/mol. The summed E-state index contributed by atoms with van der Waals surface area (Å²) >= 11 is 1.31. The van der Waals surface area contributed by atoms with Gasteiger partial charge in [-0.05, 0) is 24.4 Å². The van der Waals surface area contributed by atoms with Gasteiger partial charge in [0.1, 0.15) is 17.1 Å². The molecule has 1 aromatic carbocycles. The van der Waals surface area contributed by atoms with E-state index in [0.29, 0.717) is 10.9 Å². The topological polar surface area (TPSA) is 118 Å². The van der Waals surface area contributed by atoms with E-state index < -0.39 is 33.6 Å². The maximum atomic E-state index is 13.4. The highest BCUT2D eigenvalue weighted by atomic mass is 32.1. The highest BCUT2D eigenvalue weighted by molar-refractivity contribution is 7.10. The van der Waals surface area contributed by atoms with Gasteiger partial charge in [-0.15, -0.1) is 11.3 Å². The van der Waals surface area contributed by atoms with E-state index in [1.807, 2.05) is 0 Å². The highest BCUT2D eigenvalue weighted by Gasteiger charge is 2.27. The van der Waals surface area contributed by atoms with Gasteiger partial charge in [0, 0.05) is 4.88 Å². The Morgan fingerprint density at radius 2 is 2.26 bits per heavy atom. The van der Waals surface area contributed by atoms with Gasteiger partial charge in [0.25, 0.3) is 11.6 Å². The molecular formula is C14H14FN3O4S. The lowest BCUT2D eigenvalue weighted by Crippen LogP contribution is -2.38. The Kier molecular flexibility index (Phi) is 4.62. The fourth-order valence-electron chi connectivity index (χ4n) is 1.96. The van der Waals surface area contributed by atoms with Crippen molar-refractivity contribution < 1.29 is 19.2 Å². The first-order valence-corrected chi connectivity index (χ1v) is 7.38. The zero-order valence-corrected chi connectivity index (χ0v) is 12.9. The molecule has 0 bridgehead atoms. The third-order valence-electron chi connectivity index (χ3n) is 3.21. The van der Waals surface area contributed by atoms with Crippen LogP contribution >= 0.6 is 11.3 Å². The number of halogens is 1. The summed E-state index contributed by atoms with van der Waals surface area (Å²) in [6, 6.07) is 4.92. The molecule has 0 aliphatic heterocycles. The number of nitrogen functional groups attached to an aromatic ring is 1. The quantitative estimate of drug-likeness (QED) is 0.437. The zero-order valence-electron chi connectivity index (χ0n) is 12.1. The maximum Gasteiger partial charge on any atom is 0.295 e. The first-order chi connectivity index (χ1) is 10.7. The lowest BCUT2D eigenvalue weighted by atomic mass is 10.0. The molecule has 0 fully saturated rings. The molecule has 1 atom stereocenters. The number of anilines is 1. The number of hydrogen-bond acceptors (Lipinski definition) is 6.